The molecule has 0 amide bonds. The summed E-state index contributed by atoms with van der Waals surface area (Å²) in [6.45, 7) is 0. The van der Waals surface area contributed by atoms with E-state index in [2.05, 4.69) is 0 Å². The molecular formula is C30H26Na4O12P2S4. The molecule has 0 heterocycles. The average Bonchev–Trinajstić information content (AvgIpc) is 3.00. The van der Waals surface area contributed by atoms with Crippen LogP contribution in [0.25, 0.3) is 0 Å². The molecule has 4 aromatic carbocycles. The van der Waals surface area contributed by atoms with Crippen LogP contribution >= 0.6 is 15.8 Å². The zero-order chi connectivity index (χ0) is 35.1. The van der Waals surface area contributed by atoms with Gasteiger partial charge < -0.3 is 18.2 Å². The van der Waals surface area contributed by atoms with E-state index in [1.54, 1.807) is 24.3 Å². The van der Waals surface area contributed by atoms with E-state index in [4.69, 9.17) is 0 Å². The van der Waals surface area contributed by atoms with E-state index in [1.807, 2.05) is 0 Å². The standard InChI is InChI=1S/C30H30O12P2S4.4Na/c31-45(32,33)27-9-1-5-23(15-27)43(24-6-2-10-28(16-24)46(34,35)36)19-21-13-14-22(21)20-44(25-7-3-11-29(17-25)47(37,38)39)26-8-4-12-30(18-26)48(40,41)42;;;;/h1-12,15-18,21-22H,13-14,19-20H2,(H,31,32,33)(H,34,35,36)(H,37,38,39)(H,40,41,42);;;;/q;4*+1/p-4. The SMILES string of the molecule is O=S(=O)([O-])c1cccc(P(CC2CCC2CP(c2cccc(S(=O)(=O)[O-])c2)c2cccc(S(=O)(=O)[O-])c2)c2cccc(S(=O)(=O)[O-])c2)c1.[Na+].[Na+].[Na+].[Na+]. The summed E-state index contributed by atoms with van der Waals surface area (Å²) in [6, 6.07) is 21.8. The predicted octanol–water partition coefficient (Wildman–Crippen LogP) is -10.1. The minimum Gasteiger partial charge on any atom is -0.744 e. The van der Waals surface area contributed by atoms with Gasteiger partial charge in [-0.15, -0.1) is 0 Å². The molecule has 1 saturated carbocycles. The van der Waals surface area contributed by atoms with Crippen LogP contribution in [0, 0.1) is 11.8 Å². The van der Waals surface area contributed by atoms with E-state index in [1.165, 1.54) is 48.5 Å². The molecule has 2 unspecified atom stereocenters. The van der Waals surface area contributed by atoms with Gasteiger partial charge in [-0.05, 0) is 123 Å². The van der Waals surface area contributed by atoms with Crippen molar-refractivity contribution in [1.82, 2.24) is 0 Å². The fourth-order valence-corrected chi connectivity index (χ4v) is 13.5. The van der Waals surface area contributed by atoms with Gasteiger partial charge in [0.25, 0.3) is 0 Å². The fourth-order valence-electron chi connectivity index (χ4n) is 5.54. The first-order valence-corrected chi connectivity index (χ1v) is 22.8. The Labute approximate surface area is 395 Å². The smallest absolute Gasteiger partial charge is 0.744 e. The van der Waals surface area contributed by atoms with E-state index in [9.17, 15) is 51.9 Å². The van der Waals surface area contributed by atoms with Crippen molar-refractivity contribution in [1.29, 1.82) is 0 Å². The van der Waals surface area contributed by atoms with E-state index in [-0.39, 0.29) is 130 Å². The maximum absolute atomic E-state index is 11.9. The first-order chi connectivity index (χ1) is 22.3. The van der Waals surface area contributed by atoms with Crippen LogP contribution in [0.2, 0.25) is 0 Å². The summed E-state index contributed by atoms with van der Waals surface area (Å²) in [5, 5.41) is 1.88. The number of benzene rings is 4. The Morgan fingerprint density at radius 1 is 0.423 bits per heavy atom. The van der Waals surface area contributed by atoms with Crippen LogP contribution in [-0.4, -0.2) is 64.2 Å². The molecule has 0 aromatic heterocycles. The van der Waals surface area contributed by atoms with Gasteiger partial charge in [-0.25, -0.2) is 33.7 Å². The molecular weight excluding hydrogens is 834 g/mol. The second kappa shape index (κ2) is 20.9. The Morgan fingerprint density at radius 2 is 0.635 bits per heavy atom. The van der Waals surface area contributed by atoms with Gasteiger partial charge in [0.15, 0.2) is 0 Å². The van der Waals surface area contributed by atoms with Gasteiger partial charge >= 0.3 is 118 Å². The molecule has 0 spiro atoms. The van der Waals surface area contributed by atoms with Gasteiger partial charge in [-0.3, -0.25) is 0 Å². The first-order valence-electron chi connectivity index (χ1n) is 14.1. The minimum atomic E-state index is -4.82. The Balaban J connectivity index is 0.00000338. The van der Waals surface area contributed by atoms with Crippen LogP contribution in [0.15, 0.2) is 117 Å². The number of rotatable bonds is 12. The summed E-state index contributed by atoms with van der Waals surface area (Å²) < 4.78 is 142. The zero-order valence-electron chi connectivity index (χ0n) is 28.6. The van der Waals surface area contributed by atoms with Gasteiger partial charge in [-0.1, -0.05) is 48.5 Å². The monoisotopic (exact) mass is 860 g/mol. The van der Waals surface area contributed by atoms with Crippen molar-refractivity contribution in [2.45, 2.75) is 32.4 Å². The summed E-state index contributed by atoms with van der Waals surface area (Å²) >= 11 is 0. The Hall–Kier alpha value is 1.38. The molecule has 0 radical (unpaired) electrons. The van der Waals surface area contributed by atoms with Crippen molar-refractivity contribution in [2.24, 2.45) is 11.8 Å². The number of hydrogen-bond acceptors (Lipinski definition) is 12. The molecule has 4 aromatic rings. The molecule has 0 aliphatic heterocycles. The maximum atomic E-state index is 11.9. The molecule has 0 N–H and O–H groups in total. The van der Waals surface area contributed by atoms with E-state index in [0.717, 1.165) is 24.3 Å². The van der Waals surface area contributed by atoms with Crippen LogP contribution in [0.5, 0.6) is 0 Å². The third-order valence-corrected chi connectivity index (χ3v) is 16.7. The van der Waals surface area contributed by atoms with Crippen LogP contribution in [0.1, 0.15) is 12.8 Å². The van der Waals surface area contributed by atoms with Crippen LogP contribution in [-0.2, 0) is 40.5 Å². The maximum Gasteiger partial charge on any atom is 1.00 e. The molecule has 0 saturated heterocycles. The molecule has 12 nitrogen and oxygen atoms in total. The van der Waals surface area contributed by atoms with Crippen molar-refractivity contribution in [2.75, 3.05) is 12.3 Å². The second-order valence-corrected chi connectivity index (χ2v) is 21.2. The summed E-state index contributed by atoms with van der Waals surface area (Å²) in [4.78, 5) is -1.85. The van der Waals surface area contributed by atoms with Crippen molar-refractivity contribution in [3.05, 3.63) is 97.1 Å². The molecule has 2 atom stereocenters. The molecule has 0 bridgehead atoms. The summed E-state index contributed by atoms with van der Waals surface area (Å²) in [7, 11) is -22.3. The number of hydrogen-bond donors (Lipinski definition) is 0. The van der Waals surface area contributed by atoms with Crippen molar-refractivity contribution >= 4 is 77.5 Å². The largest absolute Gasteiger partial charge is 1.00 e. The molecule has 256 valence electrons. The van der Waals surface area contributed by atoms with E-state index >= 15 is 0 Å². The van der Waals surface area contributed by atoms with Gasteiger partial charge in [0.2, 0.25) is 0 Å². The van der Waals surface area contributed by atoms with Gasteiger partial charge in [0, 0.05) is 0 Å². The molecule has 5 rings (SSSR count). The van der Waals surface area contributed by atoms with Crippen molar-refractivity contribution < 1.29 is 170 Å². The van der Waals surface area contributed by atoms with Crippen LogP contribution in [0.4, 0.5) is 0 Å². The van der Waals surface area contributed by atoms with Crippen molar-refractivity contribution in [3.8, 4) is 0 Å². The fraction of sp³-hybridized carbons (Fsp3) is 0.200. The Bertz CT molecular complexity index is 2000. The molecule has 52 heavy (non-hydrogen) atoms. The van der Waals surface area contributed by atoms with Crippen LogP contribution in [0.3, 0.4) is 0 Å². The van der Waals surface area contributed by atoms with Gasteiger partial charge in [0.1, 0.15) is 40.5 Å². The van der Waals surface area contributed by atoms with E-state index < -0.39 is 75.9 Å². The van der Waals surface area contributed by atoms with E-state index in [0.29, 0.717) is 46.4 Å². The van der Waals surface area contributed by atoms with Gasteiger partial charge in [-0.2, -0.15) is 0 Å². The first kappa shape index (κ1) is 51.4. The minimum absolute atomic E-state index is 0. The normalized spacial score (nSPS) is 16.0. The molecule has 1 fully saturated rings. The average molecular weight is 861 g/mol. The zero-order valence-corrected chi connectivity index (χ0v) is 41.7. The van der Waals surface area contributed by atoms with Gasteiger partial charge in [0.05, 0.1) is 19.6 Å². The molecule has 22 heteroatoms. The third-order valence-electron chi connectivity index (χ3n) is 8.08. The Kier molecular flexibility index (Phi) is 20.6. The third kappa shape index (κ3) is 13.5. The Morgan fingerprint density at radius 3 is 0.808 bits per heavy atom. The second-order valence-electron chi connectivity index (χ2n) is 11.1. The summed E-state index contributed by atoms with van der Waals surface area (Å²) in [5.41, 5.74) is 0. The van der Waals surface area contributed by atoms with Crippen molar-refractivity contribution in [3.63, 3.8) is 0 Å². The molecule has 1 aliphatic carbocycles. The summed E-state index contributed by atoms with van der Waals surface area (Å²) in [5.74, 6) is -0.113. The topological polar surface area (TPSA) is 229 Å². The summed E-state index contributed by atoms with van der Waals surface area (Å²) in [6.07, 6.45) is 2.21. The van der Waals surface area contributed by atoms with Crippen LogP contribution < -0.4 is 139 Å². The quantitative estimate of drug-likeness (QED) is 0.0735. The predicted molar refractivity (Wildman–Crippen MR) is 176 cm³/mol. The molecule has 1 aliphatic rings.